The first-order valence-electron chi connectivity index (χ1n) is 7.84. The minimum Gasteiger partial charge on any atom is -0.423 e. The molecule has 0 saturated carbocycles. The van der Waals surface area contributed by atoms with Crippen molar-refractivity contribution in [3.05, 3.63) is 96.4 Å². The van der Waals surface area contributed by atoms with Gasteiger partial charge in [-0.3, -0.25) is 0 Å². The van der Waals surface area contributed by atoms with Gasteiger partial charge in [-0.05, 0) is 78.3 Å². The molecule has 0 aliphatic rings. The molecule has 0 heterocycles. The molecular weight excluding hydrogens is 570 g/mol. The van der Waals surface area contributed by atoms with E-state index in [-0.39, 0.29) is 0 Å². The molecule has 0 aliphatic carbocycles. The average molecular weight is 590 g/mol. The monoisotopic (exact) mass is 588 g/mol. The predicted molar refractivity (Wildman–Crippen MR) is 127 cm³/mol. The molecule has 0 aromatic heterocycles. The van der Waals surface area contributed by atoms with E-state index in [1.54, 1.807) is 12.1 Å². The molecule has 0 atom stereocenters. The average Bonchev–Trinajstić information content (AvgIpc) is 2.62. The van der Waals surface area contributed by atoms with Crippen LogP contribution in [-0.2, 0) is 0 Å². The largest absolute Gasteiger partial charge is 0.488 e. The Labute approximate surface area is 186 Å². The molecular formula is C20H20BBr2IO2. The highest BCUT2D eigenvalue weighted by molar-refractivity contribution is 14.1. The predicted octanol–water partition coefficient (Wildman–Crippen LogP) is 5.49. The summed E-state index contributed by atoms with van der Waals surface area (Å²) in [6.45, 7) is 4.03. The molecule has 136 valence electrons. The minimum atomic E-state index is -1.35. The van der Waals surface area contributed by atoms with E-state index >= 15 is 0 Å². The normalized spacial score (nSPS) is 9.35. The summed E-state index contributed by atoms with van der Waals surface area (Å²) in [4.78, 5) is 0. The Balaban J connectivity index is 0.000000197. The summed E-state index contributed by atoms with van der Waals surface area (Å²) >= 11 is 8.96. The topological polar surface area (TPSA) is 40.5 Å². The summed E-state index contributed by atoms with van der Waals surface area (Å²) < 4.78 is 3.55. The zero-order valence-corrected chi connectivity index (χ0v) is 19.9. The molecule has 0 radical (unpaired) electrons. The van der Waals surface area contributed by atoms with Gasteiger partial charge in [0.05, 0.1) is 0 Å². The van der Waals surface area contributed by atoms with Crippen LogP contribution >= 0.6 is 54.5 Å². The Hall–Kier alpha value is -0.665. The summed E-state index contributed by atoms with van der Waals surface area (Å²) in [5.74, 6) is 0. The van der Waals surface area contributed by atoms with Crippen LogP contribution in [0.2, 0.25) is 0 Å². The third-order valence-electron chi connectivity index (χ3n) is 3.19. The molecule has 0 amide bonds. The number of aryl methyl sites for hydroxylation is 2. The van der Waals surface area contributed by atoms with Crippen molar-refractivity contribution in [2.24, 2.45) is 0 Å². The molecule has 0 fully saturated rings. The maximum atomic E-state index is 8.67. The third-order valence-corrected chi connectivity index (χ3v) is 4.97. The van der Waals surface area contributed by atoms with E-state index in [1.165, 1.54) is 9.13 Å². The Morgan fingerprint density at radius 2 is 1.00 bits per heavy atom. The number of rotatable bonds is 1. The van der Waals surface area contributed by atoms with Crippen LogP contribution in [0.15, 0.2) is 81.7 Å². The molecule has 2 N–H and O–H groups in total. The first kappa shape index (κ1) is 23.4. The molecule has 6 heteroatoms. The molecule has 0 unspecified atom stereocenters. The third kappa shape index (κ3) is 10.5. The molecule has 3 rings (SSSR count). The van der Waals surface area contributed by atoms with Crippen LogP contribution in [0.4, 0.5) is 0 Å². The van der Waals surface area contributed by atoms with E-state index in [2.05, 4.69) is 85.6 Å². The van der Waals surface area contributed by atoms with Gasteiger partial charge in [-0.1, -0.05) is 79.4 Å². The smallest absolute Gasteiger partial charge is 0.423 e. The lowest BCUT2D eigenvalue weighted by molar-refractivity contribution is 0.426. The molecule has 3 aromatic carbocycles. The van der Waals surface area contributed by atoms with Gasteiger partial charge in [-0.2, -0.15) is 0 Å². The van der Waals surface area contributed by atoms with Crippen molar-refractivity contribution in [3.63, 3.8) is 0 Å². The Morgan fingerprint density at radius 1 is 0.654 bits per heavy atom. The van der Waals surface area contributed by atoms with Crippen molar-refractivity contribution < 1.29 is 10.0 Å². The van der Waals surface area contributed by atoms with Crippen molar-refractivity contribution in [1.29, 1.82) is 0 Å². The van der Waals surface area contributed by atoms with Gasteiger partial charge in [0.1, 0.15) is 0 Å². The number of halogens is 3. The van der Waals surface area contributed by atoms with Crippen molar-refractivity contribution >= 4 is 67.0 Å². The lowest BCUT2D eigenvalue weighted by atomic mass is 9.80. The molecule has 0 aliphatic heterocycles. The SMILES string of the molecule is Brc1ccc(I)cc1.Cc1ccc(B(O)O)cc1.Cc1ccc(Br)cc1. The summed E-state index contributed by atoms with van der Waals surface area (Å²) in [5, 5.41) is 17.3. The first-order chi connectivity index (χ1) is 12.3. The van der Waals surface area contributed by atoms with Crippen LogP contribution in [-0.4, -0.2) is 17.2 Å². The van der Waals surface area contributed by atoms with Gasteiger partial charge < -0.3 is 10.0 Å². The zero-order chi connectivity index (χ0) is 19.5. The van der Waals surface area contributed by atoms with E-state index in [9.17, 15) is 0 Å². The fourth-order valence-corrected chi connectivity index (χ4v) is 2.59. The molecule has 0 saturated heterocycles. The van der Waals surface area contributed by atoms with Gasteiger partial charge in [0.25, 0.3) is 0 Å². The molecule has 26 heavy (non-hydrogen) atoms. The molecule has 0 bridgehead atoms. The van der Waals surface area contributed by atoms with E-state index in [4.69, 9.17) is 10.0 Å². The Kier molecular flexibility index (Phi) is 11.4. The summed E-state index contributed by atoms with van der Waals surface area (Å²) in [5.41, 5.74) is 2.95. The highest BCUT2D eigenvalue weighted by Gasteiger charge is 2.08. The van der Waals surface area contributed by atoms with Crippen LogP contribution in [0.3, 0.4) is 0 Å². The van der Waals surface area contributed by atoms with Crippen LogP contribution in [0.5, 0.6) is 0 Å². The molecule has 0 spiro atoms. The lowest BCUT2D eigenvalue weighted by Crippen LogP contribution is -2.29. The minimum absolute atomic E-state index is 0.533. The number of benzene rings is 3. The van der Waals surface area contributed by atoms with E-state index in [0.717, 1.165) is 14.5 Å². The maximum absolute atomic E-state index is 8.67. The Bertz CT molecular complexity index is 676. The fourth-order valence-electron chi connectivity index (χ4n) is 1.70. The second-order valence-corrected chi connectivity index (χ2v) is 8.59. The van der Waals surface area contributed by atoms with E-state index < -0.39 is 7.12 Å². The van der Waals surface area contributed by atoms with Gasteiger partial charge in [0.15, 0.2) is 0 Å². The standard InChI is InChI=1S/C7H9BO2.C7H7Br.C6H4BrI/c1-6-2-4-7(5-3-6)8(9)10;1-6-2-4-7(8)5-3-6;7-5-1-3-6(8)4-2-5/h2-5,9-10H,1H3;2-5H,1H3;1-4H. The Morgan fingerprint density at radius 3 is 1.31 bits per heavy atom. The van der Waals surface area contributed by atoms with Crippen LogP contribution in [0, 0.1) is 17.4 Å². The van der Waals surface area contributed by atoms with Crippen LogP contribution < -0.4 is 5.46 Å². The molecule has 3 aromatic rings. The molecule has 2 nitrogen and oxygen atoms in total. The second-order valence-electron chi connectivity index (χ2n) is 5.52. The van der Waals surface area contributed by atoms with Crippen molar-refractivity contribution in [3.8, 4) is 0 Å². The zero-order valence-electron chi connectivity index (χ0n) is 14.5. The van der Waals surface area contributed by atoms with Crippen molar-refractivity contribution in [1.82, 2.24) is 0 Å². The van der Waals surface area contributed by atoms with Gasteiger partial charge in [0, 0.05) is 12.5 Å². The number of hydrogen-bond acceptors (Lipinski definition) is 2. The van der Waals surface area contributed by atoms with Crippen molar-refractivity contribution in [2.75, 3.05) is 0 Å². The van der Waals surface area contributed by atoms with Gasteiger partial charge in [0.2, 0.25) is 0 Å². The summed E-state index contributed by atoms with van der Waals surface area (Å²) in [7, 11) is -1.35. The number of hydrogen-bond donors (Lipinski definition) is 2. The van der Waals surface area contributed by atoms with Gasteiger partial charge >= 0.3 is 7.12 Å². The second kappa shape index (κ2) is 12.7. The van der Waals surface area contributed by atoms with Crippen molar-refractivity contribution in [2.45, 2.75) is 13.8 Å². The maximum Gasteiger partial charge on any atom is 0.488 e. The quantitative estimate of drug-likeness (QED) is 0.291. The summed E-state index contributed by atoms with van der Waals surface area (Å²) in [6.07, 6.45) is 0. The highest BCUT2D eigenvalue weighted by Crippen LogP contribution is 2.11. The summed E-state index contributed by atoms with van der Waals surface area (Å²) in [6, 6.07) is 23.5. The van der Waals surface area contributed by atoms with Crippen LogP contribution in [0.25, 0.3) is 0 Å². The van der Waals surface area contributed by atoms with Crippen LogP contribution in [0.1, 0.15) is 11.1 Å². The van der Waals surface area contributed by atoms with Gasteiger partial charge in [-0.25, -0.2) is 0 Å². The van der Waals surface area contributed by atoms with E-state index in [1.807, 2.05) is 43.3 Å². The highest BCUT2D eigenvalue weighted by atomic mass is 127. The fraction of sp³-hybridized carbons (Fsp3) is 0.100. The lowest BCUT2D eigenvalue weighted by Gasteiger charge is -1.97. The van der Waals surface area contributed by atoms with E-state index in [0.29, 0.717) is 5.46 Å². The first-order valence-corrected chi connectivity index (χ1v) is 10.5. The van der Waals surface area contributed by atoms with Gasteiger partial charge in [-0.15, -0.1) is 0 Å².